The second-order valence-electron chi connectivity index (χ2n) is 3.82. The Morgan fingerprint density at radius 1 is 1.50 bits per heavy atom. The van der Waals surface area contributed by atoms with Gasteiger partial charge in [-0.05, 0) is 36.0 Å². The van der Waals surface area contributed by atoms with Crippen molar-refractivity contribution in [2.24, 2.45) is 0 Å². The van der Waals surface area contributed by atoms with E-state index in [0.717, 1.165) is 29.7 Å². The van der Waals surface area contributed by atoms with Gasteiger partial charge in [0.15, 0.2) is 5.82 Å². The van der Waals surface area contributed by atoms with Gasteiger partial charge in [0.1, 0.15) is 0 Å². The van der Waals surface area contributed by atoms with Crippen LogP contribution < -0.4 is 5.32 Å². The van der Waals surface area contributed by atoms with Crippen LogP contribution in [0.3, 0.4) is 0 Å². The molecule has 7 heteroatoms. The van der Waals surface area contributed by atoms with Crippen LogP contribution in [0.2, 0.25) is 5.02 Å². The monoisotopic (exact) mass is 285 g/mol. The summed E-state index contributed by atoms with van der Waals surface area (Å²) < 4.78 is 0. The summed E-state index contributed by atoms with van der Waals surface area (Å²) in [6.45, 7) is 1.50. The van der Waals surface area contributed by atoms with Crippen molar-refractivity contribution >= 4 is 23.4 Å². The highest BCUT2D eigenvalue weighted by Crippen LogP contribution is 2.31. The summed E-state index contributed by atoms with van der Waals surface area (Å²) >= 11 is 6.91. The number of halogens is 1. The number of likely N-dealkylation sites (N-methyl/N-ethyl adjacent to an activating group) is 1. The normalized spacial score (nSPS) is 17.6. The average Bonchev–Trinajstić information content (AvgIpc) is 2.74. The first-order valence-corrected chi connectivity index (χ1v) is 6.54. The third-order valence-corrected chi connectivity index (χ3v) is 3.81. The molecule has 1 aliphatic heterocycles. The Morgan fingerprint density at radius 3 is 2.67 bits per heavy atom. The quantitative estimate of drug-likeness (QED) is 0.525. The zero-order valence-corrected chi connectivity index (χ0v) is 11.3. The molecule has 18 heavy (non-hydrogen) atoms. The molecule has 0 radical (unpaired) electrons. The van der Waals surface area contributed by atoms with Crippen molar-refractivity contribution in [2.45, 2.75) is 4.90 Å². The van der Waals surface area contributed by atoms with Gasteiger partial charge in [0.2, 0.25) is 0 Å². The molecule has 1 aromatic rings. The minimum absolute atomic E-state index is 0.109. The molecule has 0 saturated carbocycles. The fourth-order valence-electron chi connectivity index (χ4n) is 1.61. The molecule has 1 N–H and O–H groups in total. The molecule has 2 rings (SSSR count). The molecule has 0 atom stereocenters. The predicted octanol–water partition coefficient (Wildman–Crippen LogP) is 2.37. The molecular weight excluding hydrogens is 274 g/mol. The summed E-state index contributed by atoms with van der Waals surface area (Å²) in [6.07, 6.45) is 0. The molecule has 0 spiro atoms. The van der Waals surface area contributed by atoms with E-state index in [0.29, 0.717) is 10.8 Å². The van der Waals surface area contributed by atoms with Crippen LogP contribution in [-0.2, 0) is 0 Å². The smallest absolute Gasteiger partial charge is 0.347 e. The standard InChI is InChI=1S/C11H12ClN3O2S/c1-14-7-6-13-10(14)11(15(16)17)18-9-4-2-8(12)3-5-9/h2-5,13H,6-7H2,1H3. The SMILES string of the molecule is CN1CCNC1=C(Sc1ccc(Cl)cc1)[N+](=O)[O-]. The van der Waals surface area contributed by atoms with Gasteiger partial charge in [-0.3, -0.25) is 10.1 Å². The Bertz CT molecular complexity index is 490. The number of rotatable bonds is 3. The Kier molecular flexibility index (Phi) is 3.98. The number of hydrogen-bond donors (Lipinski definition) is 1. The average molecular weight is 286 g/mol. The lowest BCUT2D eigenvalue weighted by atomic mass is 10.4. The van der Waals surface area contributed by atoms with Gasteiger partial charge < -0.3 is 10.2 Å². The van der Waals surface area contributed by atoms with Crippen LogP contribution >= 0.6 is 23.4 Å². The van der Waals surface area contributed by atoms with E-state index in [-0.39, 0.29) is 9.95 Å². The van der Waals surface area contributed by atoms with Gasteiger partial charge in [-0.1, -0.05) is 11.6 Å². The van der Waals surface area contributed by atoms with E-state index >= 15 is 0 Å². The van der Waals surface area contributed by atoms with E-state index in [4.69, 9.17) is 11.6 Å². The molecule has 1 aromatic carbocycles. The maximum atomic E-state index is 11.1. The van der Waals surface area contributed by atoms with Gasteiger partial charge in [-0.2, -0.15) is 0 Å². The Balaban J connectivity index is 2.27. The van der Waals surface area contributed by atoms with Crippen LogP contribution in [0.25, 0.3) is 0 Å². The molecule has 0 aliphatic carbocycles. The highest BCUT2D eigenvalue weighted by Gasteiger charge is 2.26. The van der Waals surface area contributed by atoms with E-state index in [2.05, 4.69) is 5.32 Å². The fourth-order valence-corrected chi connectivity index (χ4v) is 2.63. The van der Waals surface area contributed by atoms with Gasteiger partial charge in [0, 0.05) is 30.1 Å². The highest BCUT2D eigenvalue weighted by molar-refractivity contribution is 8.02. The molecule has 0 unspecified atom stereocenters. The molecule has 0 aromatic heterocycles. The minimum atomic E-state index is -0.358. The zero-order chi connectivity index (χ0) is 13.1. The topological polar surface area (TPSA) is 58.4 Å². The molecule has 1 heterocycles. The van der Waals surface area contributed by atoms with Crippen molar-refractivity contribution in [2.75, 3.05) is 20.1 Å². The molecule has 0 bridgehead atoms. The molecule has 1 aliphatic rings. The van der Waals surface area contributed by atoms with Crippen molar-refractivity contribution in [3.63, 3.8) is 0 Å². The third kappa shape index (κ3) is 2.88. The highest BCUT2D eigenvalue weighted by atomic mass is 35.5. The third-order valence-electron chi connectivity index (χ3n) is 2.52. The Labute approximate surface area is 114 Å². The van der Waals surface area contributed by atoms with Gasteiger partial charge in [-0.15, -0.1) is 0 Å². The van der Waals surface area contributed by atoms with Gasteiger partial charge >= 0.3 is 5.03 Å². The van der Waals surface area contributed by atoms with E-state index in [1.165, 1.54) is 0 Å². The minimum Gasteiger partial charge on any atom is -0.364 e. The predicted molar refractivity (Wildman–Crippen MR) is 72.0 cm³/mol. The van der Waals surface area contributed by atoms with Gasteiger partial charge in [-0.25, -0.2) is 0 Å². The van der Waals surface area contributed by atoms with Crippen LogP contribution in [0.15, 0.2) is 40.0 Å². The summed E-state index contributed by atoms with van der Waals surface area (Å²) in [5.74, 6) is 0.569. The van der Waals surface area contributed by atoms with E-state index in [1.54, 1.807) is 24.3 Å². The summed E-state index contributed by atoms with van der Waals surface area (Å²) in [4.78, 5) is 13.4. The number of nitrogens with zero attached hydrogens (tertiary/aromatic N) is 2. The van der Waals surface area contributed by atoms with Crippen LogP contribution in [0.5, 0.6) is 0 Å². The summed E-state index contributed by atoms with van der Waals surface area (Å²) in [5, 5.41) is 14.9. The number of thioether (sulfide) groups is 1. The Morgan fingerprint density at radius 2 is 2.17 bits per heavy atom. The number of nitrogens with one attached hydrogen (secondary N) is 1. The first kappa shape index (κ1) is 13.0. The lowest BCUT2D eigenvalue weighted by Gasteiger charge is -2.11. The zero-order valence-electron chi connectivity index (χ0n) is 9.72. The van der Waals surface area contributed by atoms with Crippen molar-refractivity contribution in [1.82, 2.24) is 10.2 Å². The maximum Gasteiger partial charge on any atom is 0.347 e. The second-order valence-corrected chi connectivity index (χ2v) is 5.31. The maximum absolute atomic E-state index is 11.1. The summed E-state index contributed by atoms with van der Waals surface area (Å²) in [6, 6.07) is 6.98. The molecular formula is C11H12ClN3O2S. The van der Waals surface area contributed by atoms with Crippen LogP contribution in [0.4, 0.5) is 0 Å². The lowest BCUT2D eigenvalue weighted by molar-refractivity contribution is -0.412. The van der Waals surface area contributed by atoms with E-state index in [9.17, 15) is 10.1 Å². The molecule has 1 saturated heterocycles. The molecule has 96 valence electrons. The van der Waals surface area contributed by atoms with Crippen molar-refractivity contribution in [3.05, 3.63) is 50.3 Å². The van der Waals surface area contributed by atoms with Crippen molar-refractivity contribution in [3.8, 4) is 0 Å². The van der Waals surface area contributed by atoms with E-state index < -0.39 is 0 Å². The lowest BCUT2D eigenvalue weighted by Crippen LogP contribution is -2.18. The second kappa shape index (κ2) is 5.49. The van der Waals surface area contributed by atoms with Crippen LogP contribution in [0.1, 0.15) is 0 Å². The number of nitro groups is 1. The largest absolute Gasteiger partial charge is 0.364 e. The summed E-state index contributed by atoms with van der Waals surface area (Å²) in [7, 11) is 1.83. The van der Waals surface area contributed by atoms with Crippen molar-refractivity contribution in [1.29, 1.82) is 0 Å². The fraction of sp³-hybridized carbons (Fsp3) is 0.273. The van der Waals surface area contributed by atoms with Crippen LogP contribution in [0, 0.1) is 10.1 Å². The van der Waals surface area contributed by atoms with E-state index in [1.807, 2.05) is 11.9 Å². The molecule has 0 amide bonds. The first-order chi connectivity index (χ1) is 8.58. The summed E-state index contributed by atoms with van der Waals surface area (Å²) in [5.41, 5.74) is 0. The van der Waals surface area contributed by atoms with Crippen LogP contribution in [-0.4, -0.2) is 30.0 Å². The number of benzene rings is 1. The van der Waals surface area contributed by atoms with Gasteiger partial charge in [0.05, 0.1) is 4.92 Å². The van der Waals surface area contributed by atoms with Crippen molar-refractivity contribution < 1.29 is 4.92 Å². The molecule has 5 nitrogen and oxygen atoms in total. The van der Waals surface area contributed by atoms with Gasteiger partial charge in [0.25, 0.3) is 0 Å². The Hall–Kier alpha value is -1.40. The first-order valence-electron chi connectivity index (χ1n) is 5.35. The number of hydrogen-bond acceptors (Lipinski definition) is 5. The molecule has 1 fully saturated rings.